The van der Waals surface area contributed by atoms with E-state index >= 15 is 0 Å². The maximum absolute atomic E-state index is 12.0. The molecule has 19 heavy (non-hydrogen) atoms. The van der Waals surface area contributed by atoms with Gasteiger partial charge in [0.15, 0.2) is 0 Å². The van der Waals surface area contributed by atoms with Gasteiger partial charge in [0, 0.05) is 19.5 Å². The molecular formula is C12H17N5O2. The highest BCUT2D eigenvalue weighted by Gasteiger charge is 2.36. The molecule has 1 unspecified atom stereocenters. The van der Waals surface area contributed by atoms with Crippen LogP contribution >= 0.6 is 0 Å². The highest BCUT2D eigenvalue weighted by atomic mass is 16.2. The quantitative estimate of drug-likeness (QED) is 0.761. The van der Waals surface area contributed by atoms with Crippen LogP contribution in [0, 0.1) is 11.8 Å². The first-order valence-corrected chi connectivity index (χ1v) is 6.62. The van der Waals surface area contributed by atoms with Gasteiger partial charge in [0.1, 0.15) is 12.2 Å². The van der Waals surface area contributed by atoms with E-state index in [0.29, 0.717) is 31.3 Å². The van der Waals surface area contributed by atoms with E-state index in [1.807, 2.05) is 4.90 Å². The first kappa shape index (κ1) is 12.1. The van der Waals surface area contributed by atoms with E-state index in [2.05, 4.69) is 20.5 Å². The number of nitrogens with one attached hydrogen (secondary N) is 2. The third kappa shape index (κ3) is 2.91. The molecule has 7 heteroatoms. The van der Waals surface area contributed by atoms with Crippen LogP contribution in [0.2, 0.25) is 0 Å². The lowest BCUT2D eigenvalue weighted by atomic mass is 10.1. The number of rotatable bonds is 5. The van der Waals surface area contributed by atoms with Crippen LogP contribution in [0.3, 0.4) is 0 Å². The molecule has 2 aliphatic rings. The number of H-pyrrole nitrogens is 1. The molecule has 0 spiro atoms. The van der Waals surface area contributed by atoms with Crippen molar-refractivity contribution in [1.29, 1.82) is 0 Å². The maximum atomic E-state index is 12.0. The van der Waals surface area contributed by atoms with E-state index in [1.165, 1.54) is 19.2 Å². The first-order chi connectivity index (χ1) is 9.22. The lowest BCUT2D eigenvalue weighted by Crippen LogP contribution is -2.33. The highest BCUT2D eigenvalue weighted by molar-refractivity contribution is 5.89. The molecule has 1 aliphatic carbocycles. The van der Waals surface area contributed by atoms with Gasteiger partial charge in [0.2, 0.25) is 11.8 Å². The molecule has 3 rings (SSSR count). The molecule has 1 aromatic rings. The molecule has 102 valence electrons. The van der Waals surface area contributed by atoms with E-state index < -0.39 is 0 Å². The number of carbonyl (C=O) groups is 2. The Morgan fingerprint density at radius 2 is 2.37 bits per heavy atom. The van der Waals surface area contributed by atoms with Crippen molar-refractivity contribution in [2.24, 2.45) is 11.8 Å². The van der Waals surface area contributed by atoms with E-state index in [1.54, 1.807) is 0 Å². The summed E-state index contributed by atoms with van der Waals surface area (Å²) in [5.74, 6) is 1.08. The highest BCUT2D eigenvalue weighted by Crippen LogP contribution is 2.31. The Morgan fingerprint density at radius 3 is 3.05 bits per heavy atom. The van der Waals surface area contributed by atoms with Gasteiger partial charge in [0.05, 0.1) is 12.5 Å². The second-order valence-corrected chi connectivity index (χ2v) is 5.29. The number of hydrogen-bond donors (Lipinski definition) is 2. The molecule has 0 aromatic carbocycles. The molecule has 2 N–H and O–H groups in total. The fourth-order valence-corrected chi connectivity index (χ4v) is 2.37. The summed E-state index contributed by atoms with van der Waals surface area (Å²) >= 11 is 0. The van der Waals surface area contributed by atoms with Gasteiger partial charge in [0.25, 0.3) is 0 Å². The summed E-state index contributed by atoms with van der Waals surface area (Å²) < 4.78 is 0. The molecule has 2 fully saturated rings. The topological polar surface area (TPSA) is 91.0 Å². The second kappa shape index (κ2) is 4.99. The number of amides is 2. The predicted molar refractivity (Wildman–Crippen MR) is 65.6 cm³/mol. The standard InChI is InChI=1S/C12H17N5O2/c18-11-3-9(6-17(11)5-8-1-2-8)12(19)13-4-10-14-7-15-16-10/h7-9H,1-6H2,(H,13,19)(H,14,15,16). The number of carbonyl (C=O) groups excluding carboxylic acids is 2. The van der Waals surface area contributed by atoms with Gasteiger partial charge in [-0.15, -0.1) is 0 Å². The molecular weight excluding hydrogens is 246 g/mol. The van der Waals surface area contributed by atoms with Gasteiger partial charge in [-0.3, -0.25) is 14.7 Å². The van der Waals surface area contributed by atoms with Crippen molar-refractivity contribution >= 4 is 11.8 Å². The summed E-state index contributed by atoms with van der Waals surface area (Å²) in [4.78, 5) is 29.5. The van der Waals surface area contributed by atoms with Crippen LogP contribution in [-0.4, -0.2) is 45.0 Å². The van der Waals surface area contributed by atoms with Crippen LogP contribution in [0.25, 0.3) is 0 Å². The number of aromatic amines is 1. The minimum Gasteiger partial charge on any atom is -0.349 e. The van der Waals surface area contributed by atoms with Crippen LogP contribution in [0.15, 0.2) is 6.33 Å². The summed E-state index contributed by atoms with van der Waals surface area (Å²) in [5.41, 5.74) is 0. The molecule has 1 saturated carbocycles. The summed E-state index contributed by atoms with van der Waals surface area (Å²) in [5, 5.41) is 9.18. The van der Waals surface area contributed by atoms with Crippen molar-refractivity contribution in [3.63, 3.8) is 0 Å². The molecule has 7 nitrogen and oxygen atoms in total. The molecule has 2 amide bonds. The fourth-order valence-electron chi connectivity index (χ4n) is 2.37. The minimum atomic E-state index is -0.228. The average Bonchev–Trinajstić information content (AvgIpc) is 2.91. The van der Waals surface area contributed by atoms with Crippen LogP contribution < -0.4 is 5.32 Å². The molecule has 1 atom stereocenters. The van der Waals surface area contributed by atoms with Crippen LogP contribution in [0.4, 0.5) is 0 Å². The van der Waals surface area contributed by atoms with Gasteiger partial charge in [-0.25, -0.2) is 4.98 Å². The van der Waals surface area contributed by atoms with E-state index in [-0.39, 0.29) is 17.7 Å². The summed E-state index contributed by atoms with van der Waals surface area (Å²) in [7, 11) is 0. The Balaban J connectivity index is 1.48. The lowest BCUT2D eigenvalue weighted by molar-refractivity contribution is -0.129. The third-order valence-electron chi connectivity index (χ3n) is 3.66. The molecule has 1 aliphatic heterocycles. The number of likely N-dealkylation sites (tertiary alicyclic amines) is 1. The Kier molecular flexibility index (Phi) is 3.18. The smallest absolute Gasteiger partial charge is 0.225 e. The first-order valence-electron chi connectivity index (χ1n) is 6.62. The summed E-state index contributed by atoms with van der Waals surface area (Å²) in [6.45, 7) is 1.70. The van der Waals surface area contributed by atoms with E-state index in [4.69, 9.17) is 0 Å². The molecule has 2 heterocycles. The number of hydrogen-bond acceptors (Lipinski definition) is 4. The van der Waals surface area contributed by atoms with Crippen molar-refractivity contribution in [2.75, 3.05) is 13.1 Å². The maximum Gasteiger partial charge on any atom is 0.225 e. The van der Waals surface area contributed by atoms with Gasteiger partial charge >= 0.3 is 0 Å². The van der Waals surface area contributed by atoms with Crippen molar-refractivity contribution in [3.05, 3.63) is 12.2 Å². The largest absolute Gasteiger partial charge is 0.349 e. The molecule has 1 saturated heterocycles. The Bertz CT molecular complexity index is 468. The van der Waals surface area contributed by atoms with E-state index in [0.717, 1.165) is 6.54 Å². The van der Waals surface area contributed by atoms with Gasteiger partial charge < -0.3 is 10.2 Å². The summed E-state index contributed by atoms with van der Waals surface area (Å²) in [6.07, 6.45) is 4.16. The van der Waals surface area contributed by atoms with E-state index in [9.17, 15) is 9.59 Å². The normalized spacial score (nSPS) is 22.8. The van der Waals surface area contributed by atoms with Crippen LogP contribution in [-0.2, 0) is 16.1 Å². The number of nitrogens with zero attached hydrogens (tertiary/aromatic N) is 3. The Morgan fingerprint density at radius 1 is 1.53 bits per heavy atom. The van der Waals surface area contributed by atoms with Gasteiger partial charge in [-0.1, -0.05) is 0 Å². The molecule has 1 aromatic heterocycles. The molecule has 0 radical (unpaired) electrons. The fraction of sp³-hybridized carbons (Fsp3) is 0.667. The second-order valence-electron chi connectivity index (χ2n) is 5.29. The average molecular weight is 263 g/mol. The number of aromatic nitrogens is 3. The zero-order valence-corrected chi connectivity index (χ0v) is 10.6. The minimum absolute atomic E-state index is 0.0805. The van der Waals surface area contributed by atoms with Crippen LogP contribution in [0.1, 0.15) is 25.1 Å². The van der Waals surface area contributed by atoms with Crippen molar-refractivity contribution in [1.82, 2.24) is 25.4 Å². The van der Waals surface area contributed by atoms with Crippen LogP contribution in [0.5, 0.6) is 0 Å². The SMILES string of the molecule is O=C(NCc1ncn[nH]1)C1CC(=O)N(CC2CC2)C1. The summed E-state index contributed by atoms with van der Waals surface area (Å²) in [6, 6.07) is 0. The monoisotopic (exact) mass is 263 g/mol. The van der Waals surface area contributed by atoms with Gasteiger partial charge in [-0.2, -0.15) is 5.10 Å². The van der Waals surface area contributed by atoms with Crippen molar-refractivity contribution in [3.8, 4) is 0 Å². The zero-order valence-electron chi connectivity index (χ0n) is 10.6. The zero-order chi connectivity index (χ0) is 13.2. The molecule has 0 bridgehead atoms. The Labute approximate surface area is 110 Å². The Hall–Kier alpha value is -1.92. The third-order valence-corrected chi connectivity index (χ3v) is 3.66. The van der Waals surface area contributed by atoms with Crippen molar-refractivity contribution in [2.45, 2.75) is 25.8 Å². The predicted octanol–water partition coefficient (Wildman–Crippen LogP) is -0.321. The lowest BCUT2D eigenvalue weighted by Gasteiger charge is -2.15. The van der Waals surface area contributed by atoms with Gasteiger partial charge in [-0.05, 0) is 18.8 Å². The van der Waals surface area contributed by atoms with Crippen molar-refractivity contribution < 1.29 is 9.59 Å².